The summed E-state index contributed by atoms with van der Waals surface area (Å²) < 4.78 is 4.93. The normalized spacial score (nSPS) is 11.1. The van der Waals surface area contributed by atoms with Crippen LogP contribution in [-0.4, -0.2) is 11.4 Å². The molecule has 1 N–H and O–H groups in total. The highest BCUT2D eigenvalue weighted by Crippen LogP contribution is 2.12. The molecule has 0 spiro atoms. The van der Waals surface area contributed by atoms with Crippen molar-refractivity contribution in [3.63, 3.8) is 0 Å². The largest absolute Gasteiger partial charge is 0.423 e. The lowest BCUT2D eigenvalue weighted by atomic mass is 10.1. The van der Waals surface area contributed by atoms with Gasteiger partial charge in [0, 0.05) is 11.5 Å². The van der Waals surface area contributed by atoms with E-state index in [9.17, 15) is 4.79 Å². The first-order valence-electron chi connectivity index (χ1n) is 4.01. The predicted octanol–water partition coefficient (Wildman–Crippen LogP) is 1.60. The molecule has 4 nitrogen and oxygen atoms in total. The number of hydrogen-bond acceptors (Lipinski definition) is 4. The van der Waals surface area contributed by atoms with Crippen molar-refractivity contribution in [2.45, 2.75) is 0 Å². The van der Waals surface area contributed by atoms with E-state index in [0.717, 1.165) is 10.9 Å². The van der Waals surface area contributed by atoms with Gasteiger partial charge in [-0.2, -0.15) is 0 Å². The van der Waals surface area contributed by atoms with E-state index in [2.05, 4.69) is 5.16 Å². The van der Waals surface area contributed by atoms with Crippen molar-refractivity contribution < 1.29 is 9.62 Å². The number of rotatable bonds is 1. The molecule has 0 bridgehead atoms. The smallest absolute Gasteiger partial charge is 0.336 e. The fourth-order valence-electron chi connectivity index (χ4n) is 1.24. The standard InChI is InChI=1S/C10H7NO3/c12-10-4-2-8-5-7(6-11-13)1-3-9(8)14-10/h1-6,13H/b11-6+. The van der Waals surface area contributed by atoms with Crippen LogP contribution in [0.2, 0.25) is 0 Å². The van der Waals surface area contributed by atoms with Crippen LogP contribution in [0.3, 0.4) is 0 Å². The zero-order valence-corrected chi connectivity index (χ0v) is 7.18. The summed E-state index contributed by atoms with van der Waals surface area (Å²) in [6.07, 6.45) is 1.31. The van der Waals surface area contributed by atoms with E-state index in [0.29, 0.717) is 5.58 Å². The molecule has 14 heavy (non-hydrogen) atoms. The third-order valence-electron chi connectivity index (χ3n) is 1.85. The molecule has 2 rings (SSSR count). The number of hydrogen-bond donors (Lipinski definition) is 1. The Labute approximate surface area is 79.1 Å². The van der Waals surface area contributed by atoms with Gasteiger partial charge in [-0.3, -0.25) is 0 Å². The van der Waals surface area contributed by atoms with Crippen LogP contribution in [0.25, 0.3) is 11.0 Å². The molecule has 0 amide bonds. The molecule has 0 radical (unpaired) electrons. The molecule has 0 fully saturated rings. The maximum atomic E-state index is 10.9. The molecule has 0 saturated carbocycles. The summed E-state index contributed by atoms with van der Waals surface area (Å²) in [5.41, 5.74) is 0.891. The summed E-state index contributed by atoms with van der Waals surface area (Å²) in [4.78, 5) is 10.9. The molecule has 0 unspecified atom stereocenters. The van der Waals surface area contributed by atoms with Crippen LogP contribution >= 0.6 is 0 Å². The Balaban J connectivity index is 2.67. The van der Waals surface area contributed by atoms with Crippen molar-refractivity contribution in [3.8, 4) is 0 Å². The zero-order chi connectivity index (χ0) is 9.97. The average Bonchev–Trinajstić information content (AvgIpc) is 2.19. The van der Waals surface area contributed by atoms with Crippen LogP contribution in [0.4, 0.5) is 0 Å². The number of oxime groups is 1. The fraction of sp³-hybridized carbons (Fsp3) is 0. The first-order valence-corrected chi connectivity index (χ1v) is 4.01. The second-order valence-electron chi connectivity index (χ2n) is 2.80. The van der Waals surface area contributed by atoms with Crippen molar-refractivity contribution in [1.82, 2.24) is 0 Å². The quantitative estimate of drug-likeness (QED) is 0.321. The third kappa shape index (κ3) is 1.50. The zero-order valence-electron chi connectivity index (χ0n) is 7.18. The predicted molar refractivity (Wildman–Crippen MR) is 51.9 cm³/mol. The topological polar surface area (TPSA) is 62.8 Å². The van der Waals surface area contributed by atoms with Gasteiger partial charge >= 0.3 is 5.63 Å². The molecular weight excluding hydrogens is 182 g/mol. The Morgan fingerprint density at radius 1 is 1.29 bits per heavy atom. The number of benzene rings is 1. The Kier molecular flexibility index (Phi) is 2.02. The summed E-state index contributed by atoms with van der Waals surface area (Å²) in [5, 5.41) is 12.0. The van der Waals surface area contributed by atoms with Crippen molar-refractivity contribution in [2.24, 2.45) is 5.16 Å². The highest BCUT2D eigenvalue weighted by molar-refractivity contribution is 5.87. The molecule has 1 aromatic heterocycles. The van der Waals surface area contributed by atoms with E-state index in [4.69, 9.17) is 9.62 Å². The lowest BCUT2D eigenvalue weighted by Gasteiger charge is -1.96. The SMILES string of the molecule is O=c1ccc2cc(/C=N/O)ccc2o1. The van der Waals surface area contributed by atoms with Crippen LogP contribution in [0.15, 0.2) is 44.7 Å². The van der Waals surface area contributed by atoms with Gasteiger partial charge in [0.15, 0.2) is 0 Å². The van der Waals surface area contributed by atoms with Gasteiger partial charge in [-0.15, -0.1) is 0 Å². The summed E-state index contributed by atoms with van der Waals surface area (Å²) in [6.45, 7) is 0. The van der Waals surface area contributed by atoms with Crippen molar-refractivity contribution >= 4 is 17.2 Å². The molecule has 1 heterocycles. The first kappa shape index (κ1) is 8.50. The Morgan fingerprint density at radius 2 is 2.14 bits per heavy atom. The van der Waals surface area contributed by atoms with Gasteiger partial charge in [-0.25, -0.2) is 4.79 Å². The second-order valence-corrected chi connectivity index (χ2v) is 2.80. The van der Waals surface area contributed by atoms with Crippen LogP contribution in [0.5, 0.6) is 0 Å². The third-order valence-corrected chi connectivity index (χ3v) is 1.85. The molecule has 4 heteroatoms. The Morgan fingerprint density at radius 3 is 2.93 bits per heavy atom. The van der Waals surface area contributed by atoms with E-state index in [-0.39, 0.29) is 5.63 Å². The number of nitrogens with zero attached hydrogens (tertiary/aromatic N) is 1. The average molecular weight is 189 g/mol. The van der Waals surface area contributed by atoms with E-state index < -0.39 is 0 Å². The summed E-state index contributed by atoms with van der Waals surface area (Å²) in [6, 6.07) is 8.13. The maximum absolute atomic E-state index is 10.9. The van der Waals surface area contributed by atoms with Crippen molar-refractivity contribution in [1.29, 1.82) is 0 Å². The lowest BCUT2D eigenvalue weighted by Crippen LogP contribution is -1.94. The van der Waals surface area contributed by atoms with Gasteiger partial charge in [-0.05, 0) is 29.8 Å². The lowest BCUT2D eigenvalue weighted by molar-refractivity contribution is 0.322. The molecule has 1 aromatic carbocycles. The minimum atomic E-state index is -0.374. The molecule has 0 atom stereocenters. The molecule has 70 valence electrons. The Hall–Kier alpha value is -2.10. The van der Waals surface area contributed by atoms with Gasteiger partial charge in [-0.1, -0.05) is 5.16 Å². The van der Waals surface area contributed by atoms with Gasteiger partial charge in [0.2, 0.25) is 0 Å². The molecule has 0 aliphatic heterocycles. The minimum absolute atomic E-state index is 0.374. The van der Waals surface area contributed by atoms with Crippen molar-refractivity contribution in [3.05, 3.63) is 46.3 Å². The monoisotopic (exact) mass is 189 g/mol. The highest BCUT2D eigenvalue weighted by atomic mass is 16.4. The van der Waals surface area contributed by atoms with E-state index in [1.807, 2.05) is 0 Å². The first-order chi connectivity index (χ1) is 6.79. The minimum Gasteiger partial charge on any atom is -0.423 e. The summed E-state index contributed by atoms with van der Waals surface area (Å²) >= 11 is 0. The fourth-order valence-corrected chi connectivity index (χ4v) is 1.24. The van der Waals surface area contributed by atoms with Gasteiger partial charge < -0.3 is 9.62 Å². The molecule has 0 aliphatic rings. The van der Waals surface area contributed by atoms with Crippen LogP contribution in [-0.2, 0) is 0 Å². The second kappa shape index (κ2) is 3.33. The van der Waals surface area contributed by atoms with E-state index >= 15 is 0 Å². The number of fused-ring (bicyclic) bond motifs is 1. The van der Waals surface area contributed by atoms with Crippen LogP contribution in [0.1, 0.15) is 5.56 Å². The van der Waals surface area contributed by atoms with Crippen molar-refractivity contribution in [2.75, 3.05) is 0 Å². The maximum Gasteiger partial charge on any atom is 0.336 e. The van der Waals surface area contributed by atoms with Gasteiger partial charge in [0.1, 0.15) is 5.58 Å². The van der Waals surface area contributed by atoms with E-state index in [1.165, 1.54) is 12.3 Å². The summed E-state index contributed by atoms with van der Waals surface area (Å²) in [7, 11) is 0. The van der Waals surface area contributed by atoms with Crippen LogP contribution in [0, 0.1) is 0 Å². The molecule has 0 saturated heterocycles. The van der Waals surface area contributed by atoms with E-state index in [1.54, 1.807) is 24.3 Å². The van der Waals surface area contributed by atoms with Crippen LogP contribution < -0.4 is 5.63 Å². The highest BCUT2D eigenvalue weighted by Gasteiger charge is 1.97. The van der Waals surface area contributed by atoms with Gasteiger partial charge in [0.25, 0.3) is 0 Å². The molecule has 0 aliphatic carbocycles. The molecule has 2 aromatic rings. The summed E-state index contributed by atoms with van der Waals surface area (Å²) in [5.74, 6) is 0. The molecular formula is C10H7NO3. The van der Waals surface area contributed by atoms with Gasteiger partial charge in [0.05, 0.1) is 6.21 Å². The Bertz CT molecular complexity index is 542.